The molecule has 1 fully saturated rings. The zero-order chi connectivity index (χ0) is 17.5. The molecule has 0 bridgehead atoms. The summed E-state index contributed by atoms with van der Waals surface area (Å²) in [5.74, 6) is -0.187. The minimum Gasteiger partial charge on any atom is -0.339 e. The molecule has 1 aromatic heterocycles. The average Bonchev–Trinajstić information content (AvgIpc) is 2.62. The van der Waals surface area contributed by atoms with Crippen LogP contribution in [-0.2, 0) is 0 Å². The highest BCUT2D eigenvalue weighted by atomic mass is 16.2. The average molecular weight is 337 g/mol. The molecule has 5 nitrogen and oxygen atoms in total. The van der Waals surface area contributed by atoms with Crippen LogP contribution in [0, 0.1) is 0 Å². The van der Waals surface area contributed by atoms with Crippen molar-refractivity contribution >= 4 is 17.5 Å². The van der Waals surface area contributed by atoms with Crippen molar-refractivity contribution in [3.63, 3.8) is 0 Å². The first-order chi connectivity index (χ1) is 12.2. The topological polar surface area (TPSA) is 62.3 Å². The van der Waals surface area contributed by atoms with E-state index >= 15 is 0 Å². The number of anilines is 1. The molecule has 0 spiro atoms. The third kappa shape index (κ3) is 4.66. The number of amides is 2. The van der Waals surface area contributed by atoms with Crippen molar-refractivity contribution in [2.24, 2.45) is 0 Å². The lowest BCUT2D eigenvalue weighted by molar-refractivity contribution is 0.0742. The largest absolute Gasteiger partial charge is 0.339 e. The molecule has 0 unspecified atom stereocenters. The van der Waals surface area contributed by atoms with E-state index in [1.807, 2.05) is 4.90 Å². The van der Waals surface area contributed by atoms with Crippen LogP contribution in [0.1, 0.15) is 53.0 Å². The maximum atomic E-state index is 12.6. The molecule has 2 amide bonds. The predicted octanol–water partition coefficient (Wildman–Crippen LogP) is 3.74. The Morgan fingerprint density at radius 3 is 2.20 bits per heavy atom. The van der Waals surface area contributed by atoms with E-state index in [1.54, 1.807) is 48.7 Å². The van der Waals surface area contributed by atoms with Crippen molar-refractivity contribution in [1.29, 1.82) is 0 Å². The number of hydrogen-bond acceptors (Lipinski definition) is 3. The van der Waals surface area contributed by atoms with Crippen LogP contribution in [0.5, 0.6) is 0 Å². The van der Waals surface area contributed by atoms with Gasteiger partial charge >= 0.3 is 0 Å². The monoisotopic (exact) mass is 337 g/mol. The molecular weight excluding hydrogens is 314 g/mol. The number of hydrogen-bond donors (Lipinski definition) is 1. The summed E-state index contributed by atoms with van der Waals surface area (Å²) in [5, 5.41) is 2.80. The van der Waals surface area contributed by atoms with Crippen LogP contribution in [0.3, 0.4) is 0 Å². The van der Waals surface area contributed by atoms with E-state index in [-0.39, 0.29) is 11.8 Å². The SMILES string of the molecule is O=C(Nc1ccc(C(=O)N2CCCCCCC2)cc1)c1ccccn1. The fourth-order valence-electron chi connectivity index (χ4n) is 3.02. The maximum Gasteiger partial charge on any atom is 0.274 e. The van der Waals surface area contributed by atoms with Crippen molar-refractivity contribution in [1.82, 2.24) is 9.88 Å². The van der Waals surface area contributed by atoms with Gasteiger partial charge in [0.1, 0.15) is 5.69 Å². The Morgan fingerprint density at radius 2 is 1.56 bits per heavy atom. The van der Waals surface area contributed by atoms with Crippen molar-refractivity contribution in [2.75, 3.05) is 18.4 Å². The van der Waals surface area contributed by atoms with Gasteiger partial charge in [0.05, 0.1) is 0 Å². The van der Waals surface area contributed by atoms with Gasteiger partial charge in [0.15, 0.2) is 0 Å². The summed E-state index contributed by atoms with van der Waals surface area (Å²) in [6.07, 6.45) is 7.39. The summed E-state index contributed by atoms with van der Waals surface area (Å²) in [4.78, 5) is 30.7. The number of aromatic nitrogens is 1. The van der Waals surface area contributed by atoms with Gasteiger partial charge in [0.2, 0.25) is 0 Å². The molecule has 1 N–H and O–H groups in total. The van der Waals surface area contributed by atoms with Gasteiger partial charge in [-0.15, -0.1) is 0 Å². The van der Waals surface area contributed by atoms with Crippen molar-refractivity contribution < 1.29 is 9.59 Å². The Morgan fingerprint density at radius 1 is 0.880 bits per heavy atom. The molecule has 1 aliphatic heterocycles. The van der Waals surface area contributed by atoms with Crippen LogP contribution in [-0.4, -0.2) is 34.8 Å². The summed E-state index contributed by atoms with van der Waals surface area (Å²) >= 11 is 0. The van der Waals surface area contributed by atoms with Crippen LogP contribution < -0.4 is 5.32 Å². The number of benzene rings is 1. The molecule has 2 heterocycles. The van der Waals surface area contributed by atoms with E-state index in [0.29, 0.717) is 16.9 Å². The summed E-state index contributed by atoms with van der Waals surface area (Å²) in [6, 6.07) is 12.3. The summed E-state index contributed by atoms with van der Waals surface area (Å²) in [6.45, 7) is 1.66. The van der Waals surface area contributed by atoms with Crippen LogP contribution >= 0.6 is 0 Å². The Bertz CT molecular complexity index is 705. The highest BCUT2D eigenvalue weighted by Crippen LogP contribution is 2.16. The quantitative estimate of drug-likeness (QED) is 0.928. The lowest BCUT2D eigenvalue weighted by Gasteiger charge is -2.25. The molecule has 1 saturated heterocycles. The van der Waals surface area contributed by atoms with Crippen LogP contribution in [0.4, 0.5) is 5.69 Å². The Kier molecular flexibility index (Phi) is 5.77. The van der Waals surface area contributed by atoms with Crippen LogP contribution in [0.25, 0.3) is 0 Å². The first-order valence-electron chi connectivity index (χ1n) is 8.86. The molecule has 5 heteroatoms. The number of rotatable bonds is 3. The van der Waals surface area contributed by atoms with E-state index in [1.165, 1.54) is 19.3 Å². The van der Waals surface area contributed by atoms with Crippen molar-refractivity contribution in [3.8, 4) is 0 Å². The van der Waals surface area contributed by atoms with E-state index in [4.69, 9.17) is 0 Å². The maximum absolute atomic E-state index is 12.6. The lowest BCUT2D eigenvalue weighted by Crippen LogP contribution is -2.33. The number of carbonyl (C=O) groups is 2. The molecular formula is C20H23N3O2. The zero-order valence-corrected chi connectivity index (χ0v) is 14.3. The van der Waals surface area contributed by atoms with Crippen LogP contribution in [0.15, 0.2) is 48.7 Å². The second-order valence-corrected chi connectivity index (χ2v) is 6.31. The van der Waals surface area contributed by atoms with Gasteiger partial charge < -0.3 is 10.2 Å². The second kappa shape index (κ2) is 8.42. The van der Waals surface area contributed by atoms with Crippen LogP contribution in [0.2, 0.25) is 0 Å². The van der Waals surface area contributed by atoms with Crippen molar-refractivity contribution in [3.05, 3.63) is 59.9 Å². The first-order valence-corrected chi connectivity index (χ1v) is 8.86. The molecule has 3 rings (SSSR count). The zero-order valence-electron chi connectivity index (χ0n) is 14.3. The highest BCUT2D eigenvalue weighted by Gasteiger charge is 2.16. The van der Waals surface area contributed by atoms with Crippen molar-refractivity contribution in [2.45, 2.75) is 32.1 Å². The van der Waals surface area contributed by atoms with Gasteiger partial charge in [-0.3, -0.25) is 14.6 Å². The molecule has 2 aromatic rings. The molecule has 130 valence electrons. The molecule has 0 saturated carbocycles. The van der Waals surface area contributed by atoms with Gasteiger partial charge in [-0.1, -0.05) is 25.3 Å². The van der Waals surface area contributed by atoms with Gasteiger partial charge in [-0.05, 0) is 49.2 Å². The fourth-order valence-corrected chi connectivity index (χ4v) is 3.02. The molecule has 0 aliphatic carbocycles. The predicted molar refractivity (Wildman–Crippen MR) is 97.6 cm³/mol. The van der Waals surface area contributed by atoms with Gasteiger partial charge in [-0.25, -0.2) is 0 Å². The number of nitrogens with zero attached hydrogens (tertiary/aromatic N) is 2. The van der Waals surface area contributed by atoms with E-state index in [2.05, 4.69) is 10.3 Å². The third-order valence-corrected chi connectivity index (χ3v) is 4.43. The lowest BCUT2D eigenvalue weighted by atomic mass is 10.1. The summed E-state index contributed by atoms with van der Waals surface area (Å²) < 4.78 is 0. The smallest absolute Gasteiger partial charge is 0.274 e. The second-order valence-electron chi connectivity index (χ2n) is 6.31. The summed E-state index contributed by atoms with van der Waals surface area (Å²) in [7, 11) is 0. The minimum absolute atomic E-state index is 0.0736. The molecule has 1 aliphatic rings. The number of nitrogens with one attached hydrogen (secondary N) is 1. The highest BCUT2D eigenvalue weighted by molar-refractivity contribution is 6.03. The van der Waals surface area contributed by atoms with Gasteiger partial charge in [0.25, 0.3) is 11.8 Å². The van der Waals surface area contributed by atoms with E-state index < -0.39 is 0 Å². The summed E-state index contributed by atoms with van der Waals surface area (Å²) in [5.41, 5.74) is 1.68. The number of pyridine rings is 1. The Hall–Kier alpha value is -2.69. The minimum atomic E-state index is -0.261. The van der Waals surface area contributed by atoms with Gasteiger partial charge in [-0.2, -0.15) is 0 Å². The number of carbonyl (C=O) groups excluding carboxylic acids is 2. The normalized spacial score (nSPS) is 15.1. The van der Waals surface area contributed by atoms with E-state index in [0.717, 1.165) is 25.9 Å². The first kappa shape index (κ1) is 17.1. The molecule has 0 atom stereocenters. The Labute approximate surface area is 148 Å². The molecule has 25 heavy (non-hydrogen) atoms. The fraction of sp³-hybridized carbons (Fsp3) is 0.350. The standard InChI is InChI=1S/C20H23N3O2/c24-19(18-8-4-5-13-21-18)22-17-11-9-16(10-12-17)20(25)23-14-6-2-1-3-7-15-23/h4-5,8-13H,1-3,6-7,14-15H2,(H,22,24). The molecule has 1 aromatic carbocycles. The number of likely N-dealkylation sites (tertiary alicyclic amines) is 1. The van der Waals surface area contributed by atoms with Gasteiger partial charge in [0, 0.05) is 30.5 Å². The van der Waals surface area contributed by atoms with E-state index in [9.17, 15) is 9.59 Å². The molecule has 0 radical (unpaired) electrons. The Balaban J connectivity index is 1.63. The third-order valence-electron chi connectivity index (χ3n) is 4.43.